The average Bonchev–Trinajstić information content (AvgIpc) is 2.83. The molecule has 3 aromatic rings. The topological polar surface area (TPSA) is 105 Å². The number of azo groups is 1. The Balaban J connectivity index is 1.41. The summed E-state index contributed by atoms with van der Waals surface area (Å²) in [5.41, 5.74) is 4.78. The van der Waals surface area contributed by atoms with Crippen LogP contribution >= 0.6 is 11.6 Å². The Bertz CT molecular complexity index is 1300. The lowest BCUT2D eigenvalue weighted by atomic mass is 9.87. The minimum Gasteiger partial charge on any atom is -0.507 e. The third kappa shape index (κ3) is 5.96. The fourth-order valence-corrected chi connectivity index (χ4v) is 3.43. The molecule has 0 aromatic heterocycles. The summed E-state index contributed by atoms with van der Waals surface area (Å²) in [5.74, 6) is 0.614. The number of fused-ring (bicyclic) bond motifs is 1. The highest BCUT2D eigenvalue weighted by atomic mass is 35.5. The van der Waals surface area contributed by atoms with Crippen LogP contribution in [0.15, 0.2) is 76.0 Å². The molecule has 3 aromatic carbocycles. The SMILES string of the molecule is CC(C)(C)c1ccc2c(c1)O[C@H](C(=O)N/N=C/c1cc(N=Nc3ccccc3Cl)ccc1O)CO2. The van der Waals surface area contributed by atoms with E-state index in [9.17, 15) is 9.90 Å². The highest BCUT2D eigenvalue weighted by Crippen LogP contribution is 2.36. The summed E-state index contributed by atoms with van der Waals surface area (Å²) in [5, 5.41) is 22.8. The molecule has 0 radical (unpaired) electrons. The van der Waals surface area contributed by atoms with E-state index < -0.39 is 12.0 Å². The van der Waals surface area contributed by atoms with Crippen LogP contribution < -0.4 is 14.9 Å². The van der Waals surface area contributed by atoms with E-state index in [0.717, 1.165) is 5.56 Å². The molecule has 2 N–H and O–H groups in total. The number of nitrogens with zero attached hydrogens (tertiary/aromatic N) is 3. The first-order valence-corrected chi connectivity index (χ1v) is 11.3. The van der Waals surface area contributed by atoms with Crippen molar-refractivity contribution in [1.82, 2.24) is 5.43 Å². The van der Waals surface area contributed by atoms with Crippen molar-refractivity contribution in [3.63, 3.8) is 0 Å². The zero-order valence-electron chi connectivity index (χ0n) is 19.5. The van der Waals surface area contributed by atoms with Crippen molar-refractivity contribution in [1.29, 1.82) is 0 Å². The van der Waals surface area contributed by atoms with E-state index in [1.165, 1.54) is 12.3 Å². The Hall–Kier alpha value is -3.91. The lowest BCUT2D eigenvalue weighted by Gasteiger charge is -2.27. The number of carbonyl (C=O) groups excluding carboxylic acids is 1. The summed E-state index contributed by atoms with van der Waals surface area (Å²) >= 11 is 6.09. The zero-order chi connectivity index (χ0) is 25.0. The van der Waals surface area contributed by atoms with Gasteiger partial charge >= 0.3 is 0 Å². The van der Waals surface area contributed by atoms with Gasteiger partial charge < -0.3 is 14.6 Å². The molecular weight excluding hydrogens is 468 g/mol. The molecule has 1 aliphatic rings. The number of aromatic hydroxyl groups is 1. The fraction of sp³-hybridized carbons (Fsp3) is 0.231. The maximum absolute atomic E-state index is 12.6. The molecule has 1 amide bonds. The highest BCUT2D eigenvalue weighted by Gasteiger charge is 2.28. The fourth-order valence-electron chi connectivity index (χ4n) is 3.26. The molecule has 9 heteroatoms. The van der Waals surface area contributed by atoms with Crippen molar-refractivity contribution >= 4 is 35.1 Å². The molecular formula is C26H25ClN4O4. The Labute approximate surface area is 208 Å². The van der Waals surface area contributed by atoms with E-state index in [0.29, 0.717) is 33.5 Å². The molecule has 180 valence electrons. The molecule has 0 spiro atoms. The summed E-state index contributed by atoms with van der Waals surface area (Å²) in [7, 11) is 0. The lowest BCUT2D eigenvalue weighted by Crippen LogP contribution is -2.42. The third-order valence-electron chi connectivity index (χ3n) is 5.28. The van der Waals surface area contributed by atoms with Gasteiger partial charge in [-0.2, -0.15) is 10.2 Å². The molecule has 4 rings (SSSR count). The molecule has 0 bridgehead atoms. The maximum Gasteiger partial charge on any atom is 0.284 e. The van der Waals surface area contributed by atoms with Gasteiger partial charge in [0, 0.05) is 5.56 Å². The van der Waals surface area contributed by atoms with Gasteiger partial charge in [-0.05, 0) is 53.4 Å². The van der Waals surface area contributed by atoms with E-state index in [1.807, 2.05) is 18.2 Å². The van der Waals surface area contributed by atoms with E-state index in [-0.39, 0.29) is 17.8 Å². The Morgan fingerprint density at radius 1 is 1.09 bits per heavy atom. The van der Waals surface area contributed by atoms with Crippen LogP contribution in [-0.4, -0.2) is 29.9 Å². The van der Waals surface area contributed by atoms with Crippen LogP contribution in [-0.2, 0) is 10.2 Å². The summed E-state index contributed by atoms with van der Waals surface area (Å²) < 4.78 is 11.5. The summed E-state index contributed by atoms with van der Waals surface area (Å²) in [6.45, 7) is 6.35. The van der Waals surface area contributed by atoms with Crippen LogP contribution in [0.4, 0.5) is 11.4 Å². The van der Waals surface area contributed by atoms with Gasteiger partial charge in [-0.3, -0.25) is 4.79 Å². The second kappa shape index (κ2) is 10.1. The predicted octanol–water partition coefficient (Wildman–Crippen LogP) is 6.05. The van der Waals surface area contributed by atoms with Gasteiger partial charge in [0.2, 0.25) is 6.10 Å². The maximum atomic E-state index is 12.6. The monoisotopic (exact) mass is 492 g/mol. The molecule has 0 fully saturated rings. The molecule has 1 atom stereocenters. The van der Waals surface area contributed by atoms with Gasteiger partial charge in [0.25, 0.3) is 5.91 Å². The summed E-state index contributed by atoms with van der Waals surface area (Å²) in [6, 6.07) is 17.4. The number of hydrogen-bond acceptors (Lipinski definition) is 7. The Morgan fingerprint density at radius 2 is 1.89 bits per heavy atom. The number of amides is 1. The Kier molecular flexibility index (Phi) is 7.02. The number of rotatable bonds is 5. The van der Waals surface area contributed by atoms with Crippen LogP contribution in [0.25, 0.3) is 0 Å². The number of phenolic OH excluding ortho intramolecular Hbond substituents is 1. The van der Waals surface area contributed by atoms with Crippen LogP contribution in [0.1, 0.15) is 31.9 Å². The number of halogens is 1. The normalized spacial score (nSPS) is 15.5. The molecule has 8 nitrogen and oxygen atoms in total. The largest absolute Gasteiger partial charge is 0.507 e. The molecule has 0 saturated heterocycles. The number of benzene rings is 3. The molecule has 1 heterocycles. The number of carbonyl (C=O) groups is 1. The van der Waals surface area contributed by atoms with E-state index >= 15 is 0 Å². The van der Waals surface area contributed by atoms with Crippen LogP contribution in [0, 0.1) is 0 Å². The molecule has 35 heavy (non-hydrogen) atoms. The van der Waals surface area contributed by atoms with Crippen molar-refractivity contribution in [2.75, 3.05) is 6.61 Å². The van der Waals surface area contributed by atoms with Gasteiger partial charge in [0.15, 0.2) is 11.5 Å². The second-order valence-electron chi connectivity index (χ2n) is 8.96. The van der Waals surface area contributed by atoms with E-state index in [2.05, 4.69) is 41.5 Å². The number of hydrogen-bond donors (Lipinski definition) is 2. The van der Waals surface area contributed by atoms with Gasteiger partial charge in [0.05, 0.1) is 16.9 Å². The van der Waals surface area contributed by atoms with Crippen molar-refractivity contribution < 1.29 is 19.4 Å². The minimum absolute atomic E-state index is 0.0272. The van der Waals surface area contributed by atoms with E-state index in [1.54, 1.807) is 36.4 Å². The predicted molar refractivity (Wildman–Crippen MR) is 135 cm³/mol. The minimum atomic E-state index is -0.862. The van der Waals surface area contributed by atoms with Crippen LogP contribution in [0.2, 0.25) is 5.02 Å². The van der Waals surface area contributed by atoms with Crippen molar-refractivity contribution in [2.24, 2.45) is 15.3 Å². The van der Waals surface area contributed by atoms with Gasteiger partial charge in [-0.25, -0.2) is 5.43 Å². The van der Waals surface area contributed by atoms with Crippen molar-refractivity contribution in [3.8, 4) is 17.2 Å². The Morgan fingerprint density at radius 3 is 2.66 bits per heavy atom. The zero-order valence-corrected chi connectivity index (χ0v) is 20.3. The summed E-state index contributed by atoms with van der Waals surface area (Å²) in [6.07, 6.45) is 0.455. The van der Waals surface area contributed by atoms with Crippen LogP contribution in [0.5, 0.6) is 17.2 Å². The highest BCUT2D eigenvalue weighted by molar-refractivity contribution is 6.32. The quantitative estimate of drug-likeness (QED) is 0.257. The first-order valence-electron chi connectivity index (χ1n) is 11.0. The first kappa shape index (κ1) is 24.2. The van der Waals surface area contributed by atoms with Gasteiger partial charge in [-0.15, -0.1) is 5.11 Å². The first-order chi connectivity index (χ1) is 16.7. The smallest absolute Gasteiger partial charge is 0.284 e. The second-order valence-corrected chi connectivity index (χ2v) is 9.36. The van der Waals surface area contributed by atoms with Crippen LogP contribution in [0.3, 0.4) is 0 Å². The molecule has 0 unspecified atom stereocenters. The van der Waals surface area contributed by atoms with E-state index in [4.69, 9.17) is 21.1 Å². The average molecular weight is 493 g/mol. The summed E-state index contributed by atoms with van der Waals surface area (Å²) in [4.78, 5) is 12.6. The lowest BCUT2D eigenvalue weighted by molar-refractivity contribution is -0.130. The molecule has 0 saturated carbocycles. The van der Waals surface area contributed by atoms with Gasteiger partial charge in [-0.1, -0.05) is 50.6 Å². The number of ether oxygens (including phenoxy) is 2. The standard InChI is InChI=1S/C26H25ClN4O4/c1-26(2,3)17-8-11-22-23(13-17)35-24(15-34-22)25(33)31-28-14-16-12-18(9-10-21(16)32)29-30-20-7-5-4-6-19(20)27/h4-14,24,32H,15H2,1-3H3,(H,31,33)/b28-14+,30-29?/t24-/m0/s1. The third-order valence-corrected chi connectivity index (χ3v) is 5.60. The molecule has 0 aliphatic carbocycles. The number of nitrogens with one attached hydrogen (secondary N) is 1. The van der Waals surface area contributed by atoms with Crippen molar-refractivity contribution in [3.05, 3.63) is 76.8 Å². The number of hydrazone groups is 1. The van der Waals surface area contributed by atoms with Gasteiger partial charge in [0.1, 0.15) is 18.0 Å². The molecule has 1 aliphatic heterocycles. The van der Waals surface area contributed by atoms with Crippen molar-refractivity contribution in [2.45, 2.75) is 32.3 Å². The number of phenols is 1.